The topological polar surface area (TPSA) is 76.8 Å². The lowest BCUT2D eigenvalue weighted by atomic mass is 9.97. The van der Waals surface area contributed by atoms with E-state index in [4.69, 9.17) is 15.1 Å². The van der Waals surface area contributed by atoms with Crippen molar-refractivity contribution in [1.29, 1.82) is 0 Å². The number of hydrogen-bond donors (Lipinski definition) is 1. The Labute approximate surface area is 145 Å². The fourth-order valence-electron chi connectivity index (χ4n) is 2.07. The second-order valence-electron chi connectivity index (χ2n) is 4.66. The van der Waals surface area contributed by atoms with Gasteiger partial charge in [-0.2, -0.15) is 0 Å². The van der Waals surface area contributed by atoms with Crippen LogP contribution >= 0.6 is 11.8 Å². The minimum Gasteiger partial charge on any atom is -0.320 e. The average Bonchev–Trinajstić information content (AvgIpc) is 2.58. The zero-order valence-electron chi connectivity index (χ0n) is 15.6. The lowest BCUT2D eigenvalue weighted by molar-refractivity contribution is -0.749. The molecule has 1 unspecified atom stereocenters. The minimum absolute atomic E-state index is 0.660. The molecule has 1 aliphatic heterocycles. The number of thioether (sulfide) groups is 1. The number of nitrogens with zero attached hydrogens (tertiary/aromatic N) is 2. The van der Waals surface area contributed by atoms with E-state index in [0.29, 0.717) is 5.92 Å². The van der Waals surface area contributed by atoms with Crippen LogP contribution < -0.4 is 5.32 Å². The second kappa shape index (κ2) is 15.8. The summed E-state index contributed by atoms with van der Waals surface area (Å²) in [5.41, 5.74) is 2.65. The van der Waals surface area contributed by atoms with Crippen molar-refractivity contribution in [3.8, 4) is 0 Å². The maximum atomic E-state index is 8.95. The standard InChI is InChI=1S/C13H24N2S.C2H6.CH3NO3/c1-5-11(7-8-14-4)12-9-16-13(6-2)10(3)15-12;1-2;1-5-2(3)4/h11,14H,5-9H2,1-4H3;1-2H3;1H3. The lowest BCUT2D eigenvalue weighted by Gasteiger charge is -2.22. The van der Waals surface area contributed by atoms with Crippen LogP contribution in [0.4, 0.5) is 0 Å². The molecule has 0 aromatic heterocycles. The SMILES string of the molecule is CC.CCC1=C(C)N=C(C(CC)CCNC)CS1.CO[N+](=O)[O-]. The van der Waals surface area contributed by atoms with Gasteiger partial charge >= 0.3 is 0 Å². The van der Waals surface area contributed by atoms with Gasteiger partial charge < -0.3 is 10.2 Å². The third kappa shape index (κ3) is 11.1. The molecule has 7 heteroatoms. The first-order valence-electron chi connectivity index (χ1n) is 8.23. The van der Waals surface area contributed by atoms with Crippen molar-refractivity contribution in [2.45, 2.75) is 53.9 Å². The Morgan fingerprint density at radius 1 is 1.43 bits per heavy atom. The molecule has 0 amide bonds. The van der Waals surface area contributed by atoms with E-state index < -0.39 is 5.09 Å². The van der Waals surface area contributed by atoms with E-state index >= 15 is 0 Å². The van der Waals surface area contributed by atoms with Gasteiger partial charge in [0.2, 0.25) is 0 Å². The van der Waals surface area contributed by atoms with Gasteiger partial charge in [0.25, 0.3) is 5.09 Å². The molecule has 0 saturated heterocycles. The Morgan fingerprint density at radius 2 is 2.00 bits per heavy atom. The van der Waals surface area contributed by atoms with Crippen LogP contribution in [0.5, 0.6) is 0 Å². The van der Waals surface area contributed by atoms with E-state index in [2.05, 4.69) is 30.9 Å². The summed E-state index contributed by atoms with van der Waals surface area (Å²) >= 11 is 1.98. The van der Waals surface area contributed by atoms with E-state index in [1.807, 2.05) is 32.7 Å². The van der Waals surface area contributed by atoms with Gasteiger partial charge in [0.15, 0.2) is 0 Å². The molecule has 0 fully saturated rings. The van der Waals surface area contributed by atoms with Crippen LogP contribution in [0, 0.1) is 16.0 Å². The first-order chi connectivity index (χ1) is 11.0. The van der Waals surface area contributed by atoms with Gasteiger partial charge in [-0.25, -0.2) is 0 Å². The van der Waals surface area contributed by atoms with Crippen LogP contribution in [0.1, 0.15) is 53.9 Å². The smallest absolute Gasteiger partial charge is 0.294 e. The highest BCUT2D eigenvalue weighted by Gasteiger charge is 2.18. The van der Waals surface area contributed by atoms with Crippen LogP contribution in [0.25, 0.3) is 0 Å². The number of allylic oxidation sites excluding steroid dienone is 2. The zero-order chi connectivity index (χ0) is 18.3. The van der Waals surface area contributed by atoms with Crippen molar-refractivity contribution in [3.05, 3.63) is 20.7 Å². The van der Waals surface area contributed by atoms with E-state index in [1.54, 1.807) is 0 Å². The molecule has 1 aliphatic rings. The fourth-order valence-corrected chi connectivity index (χ4v) is 3.15. The van der Waals surface area contributed by atoms with Crippen molar-refractivity contribution < 1.29 is 9.92 Å². The molecule has 0 saturated carbocycles. The zero-order valence-corrected chi connectivity index (χ0v) is 16.5. The van der Waals surface area contributed by atoms with Gasteiger partial charge in [0, 0.05) is 22.1 Å². The predicted molar refractivity (Wildman–Crippen MR) is 101 cm³/mol. The molecule has 0 spiro atoms. The van der Waals surface area contributed by atoms with Crippen molar-refractivity contribution in [1.82, 2.24) is 5.32 Å². The summed E-state index contributed by atoms with van der Waals surface area (Å²) in [4.78, 5) is 18.7. The number of nitrogens with one attached hydrogen (secondary N) is 1. The van der Waals surface area contributed by atoms with Gasteiger partial charge in [-0.05, 0) is 45.7 Å². The quantitative estimate of drug-likeness (QED) is 0.549. The number of aliphatic imine (C=N–C) groups is 1. The van der Waals surface area contributed by atoms with Crippen LogP contribution in [0.2, 0.25) is 0 Å². The fraction of sp³-hybridized carbons (Fsp3) is 0.812. The van der Waals surface area contributed by atoms with Crippen LogP contribution in [0.3, 0.4) is 0 Å². The Balaban J connectivity index is 0. The second-order valence-corrected chi connectivity index (χ2v) is 5.73. The minimum atomic E-state index is -0.875. The van der Waals surface area contributed by atoms with Gasteiger partial charge in [0.1, 0.15) is 0 Å². The highest BCUT2D eigenvalue weighted by atomic mass is 32.2. The van der Waals surface area contributed by atoms with Crippen molar-refractivity contribution in [2.24, 2.45) is 10.9 Å². The molecule has 0 aliphatic carbocycles. The third-order valence-electron chi connectivity index (χ3n) is 3.29. The molecule has 1 heterocycles. The van der Waals surface area contributed by atoms with E-state index in [1.165, 1.54) is 29.2 Å². The molecule has 0 radical (unpaired) electrons. The number of rotatable bonds is 7. The van der Waals surface area contributed by atoms with Crippen LogP contribution in [0.15, 0.2) is 15.6 Å². The maximum absolute atomic E-state index is 8.95. The van der Waals surface area contributed by atoms with Crippen molar-refractivity contribution >= 4 is 17.5 Å². The largest absolute Gasteiger partial charge is 0.320 e. The molecule has 23 heavy (non-hydrogen) atoms. The third-order valence-corrected chi connectivity index (χ3v) is 4.66. The normalized spacial score (nSPS) is 14.7. The van der Waals surface area contributed by atoms with Gasteiger partial charge in [-0.15, -0.1) is 21.9 Å². The van der Waals surface area contributed by atoms with E-state index in [0.717, 1.165) is 25.8 Å². The lowest BCUT2D eigenvalue weighted by Crippen LogP contribution is -2.23. The summed E-state index contributed by atoms with van der Waals surface area (Å²) in [6.07, 6.45) is 3.54. The molecule has 0 aromatic carbocycles. The summed E-state index contributed by atoms with van der Waals surface area (Å²) < 4.78 is 0. The van der Waals surface area contributed by atoms with Gasteiger partial charge in [-0.1, -0.05) is 27.7 Å². The molecule has 0 aromatic rings. The summed E-state index contributed by atoms with van der Waals surface area (Å²) in [6, 6.07) is 0. The molecule has 136 valence electrons. The molecule has 1 atom stereocenters. The molecule has 6 nitrogen and oxygen atoms in total. The van der Waals surface area contributed by atoms with E-state index in [-0.39, 0.29) is 0 Å². The first-order valence-corrected chi connectivity index (χ1v) is 9.21. The number of hydrogen-bond acceptors (Lipinski definition) is 6. The van der Waals surface area contributed by atoms with Crippen molar-refractivity contribution in [3.63, 3.8) is 0 Å². The summed E-state index contributed by atoms with van der Waals surface area (Å²) in [6.45, 7) is 11.7. The van der Waals surface area contributed by atoms with Gasteiger partial charge in [0.05, 0.1) is 7.11 Å². The monoisotopic (exact) mass is 347 g/mol. The summed E-state index contributed by atoms with van der Waals surface area (Å²) in [5.74, 6) is 1.76. The maximum Gasteiger partial charge on any atom is 0.294 e. The first kappa shape index (κ1) is 24.2. The Morgan fingerprint density at radius 3 is 2.35 bits per heavy atom. The molecular formula is C16H33N3O3S. The Kier molecular flexibility index (Phi) is 16.6. The highest BCUT2D eigenvalue weighted by Crippen LogP contribution is 2.30. The van der Waals surface area contributed by atoms with Crippen LogP contribution in [-0.2, 0) is 4.84 Å². The Bertz CT molecular complexity index is 385. The highest BCUT2D eigenvalue weighted by molar-refractivity contribution is 8.03. The van der Waals surface area contributed by atoms with Gasteiger partial charge in [-0.3, -0.25) is 4.99 Å². The predicted octanol–water partition coefficient (Wildman–Crippen LogP) is 4.30. The van der Waals surface area contributed by atoms with E-state index in [9.17, 15) is 0 Å². The van der Waals surface area contributed by atoms with Crippen LogP contribution in [-0.4, -0.2) is 37.3 Å². The average molecular weight is 348 g/mol. The summed E-state index contributed by atoms with van der Waals surface area (Å²) in [5, 5.41) is 11.3. The van der Waals surface area contributed by atoms with Crippen molar-refractivity contribution in [2.75, 3.05) is 26.5 Å². The molecule has 1 N–H and O–H groups in total. The Hall–Kier alpha value is -1.08. The molecular weight excluding hydrogens is 314 g/mol. The molecule has 1 rings (SSSR count). The molecule has 0 bridgehead atoms. The summed E-state index contributed by atoms with van der Waals surface area (Å²) in [7, 11) is 3.02.